The van der Waals surface area contributed by atoms with Crippen molar-refractivity contribution in [3.63, 3.8) is 0 Å². The zero-order valence-electron chi connectivity index (χ0n) is 10.3. The molecule has 1 amide bonds. The molecule has 0 spiro atoms. The predicted octanol–water partition coefficient (Wildman–Crippen LogP) is 1.63. The van der Waals surface area contributed by atoms with Crippen molar-refractivity contribution < 1.29 is 4.79 Å². The molecule has 1 aromatic rings. The average Bonchev–Trinajstić information content (AvgIpc) is 2.77. The van der Waals surface area contributed by atoms with Crippen LogP contribution in [0.15, 0.2) is 6.20 Å². The first-order chi connectivity index (χ1) is 8.16. The standard InChI is InChI=1S/C12H19N3OS/c1-8-6-14-12(17-8)9(2)15-11(16)10-4-3-5-13-7-10/h6,9-10,13H,3-5,7H2,1-2H3,(H,15,16)/t9?,10-/m1/s1. The average molecular weight is 253 g/mol. The quantitative estimate of drug-likeness (QED) is 0.861. The molecule has 0 bridgehead atoms. The van der Waals surface area contributed by atoms with Crippen LogP contribution in [0.2, 0.25) is 0 Å². The van der Waals surface area contributed by atoms with Crippen LogP contribution in [-0.4, -0.2) is 24.0 Å². The van der Waals surface area contributed by atoms with Gasteiger partial charge in [-0.05, 0) is 33.2 Å². The minimum atomic E-state index is 0.0168. The number of nitrogens with one attached hydrogen (secondary N) is 2. The van der Waals surface area contributed by atoms with E-state index in [9.17, 15) is 4.79 Å². The lowest BCUT2D eigenvalue weighted by molar-refractivity contribution is -0.126. The normalized spacial score (nSPS) is 22.1. The van der Waals surface area contributed by atoms with E-state index in [4.69, 9.17) is 0 Å². The van der Waals surface area contributed by atoms with Crippen molar-refractivity contribution in [2.75, 3.05) is 13.1 Å². The van der Waals surface area contributed by atoms with E-state index in [0.29, 0.717) is 0 Å². The number of aryl methyl sites for hydroxylation is 1. The molecule has 0 saturated carbocycles. The molecule has 1 aliphatic rings. The molecular weight excluding hydrogens is 234 g/mol. The van der Waals surface area contributed by atoms with Gasteiger partial charge in [-0.3, -0.25) is 4.79 Å². The van der Waals surface area contributed by atoms with Gasteiger partial charge in [-0.15, -0.1) is 11.3 Å². The molecule has 5 heteroatoms. The van der Waals surface area contributed by atoms with Crippen LogP contribution in [-0.2, 0) is 4.79 Å². The SMILES string of the molecule is Cc1cnc(C(C)NC(=O)[C@@H]2CCCNC2)s1. The van der Waals surface area contributed by atoms with Gasteiger partial charge in [-0.2, -0.15) is 0 Å². The summed E-state index contributed by atoms with van der Waals surface area (Å²) in [5.41, 5.74) is 0. The number of aromatic nitrogens is 1. The lowest BCUT2D eigenvalue weighted by Crippen LogP contribution is -2.41. The highest BCUT2D eigenvalue weighted by Gasteiger charge is 2.23. The van der Waals surface area contributed by atoms with E-state index in [-0.39, 0.29) is 17.9 Å². The Labute approximate surface area is 106 Å². The summed E-state index contributed by atoms with van der Waals surface area (Å²) in [5, 5.41) is 7.29. The number of hydrogen-bond donors (Lipinski definition) is 2. The Bertz CT molecular complexity index is 385. The van der Waals surface area contributed by atoms with Crippen LogP contribution in [0.25, 0.3) is 0 Å². The lowest BCUT2D eigenvalue weighted by atomic mass is 9.98. The van der Waals surface area contributed by atoms with Crippen molar-refractivity contribution in [3.8, 4) is 0 Å². The number of hydrogen-bond acceptors (Lipinski definition) is 4. The number of amides is 1. The third kappa shape index (κ3) is 3.26. The maximum atomic E-state index is 12.0. The van der Waals surface area contributed by atoms with Crippen LogP contribution < -0.4 is 10.6 Å². The number of carbonyl (C=O) groups excluding carboxylic acids is 1. The summed E-state index contributed by atoms with van der Waals surface area (Å²) in [6, 6.07) is 0.0168. The molecule has 94 valence electrons. The topological polar surface area (TPSA) is 54.0 Å². The van der Waals surface area contributed by atoms with Gasteiger partial charge in [0.05, 0.1) is 12.0 Å². The summed E-state index contributed by atoms with van der Waals surface area (Å²) in [7, 11) is 0. The third-order valence-corrected chi connectivity index (χ3v) is 4.13. The zero-order valence-corrected chi connectivity index (χ0v) is 11.1. The summed E-state index contributed by atoms with van der Waals surface area (Å²) in [6.45, 7) is 5.85. The molecule has 17 heavy (non-hydrogen) atoms. The highest BCUT2D eigenvalue weighted by Crippen LogP contribution is 2.20. The maximum absolute atomic E-state index is 12.0. The van der Waals surface area contributed by atoms with Crippen molar-refractivity contribution in [2.24, 2.45) is 5.92 Å². The molecule has 4 nitrogen and oxygen atoms in total. The van der Waals surface area contributed by atoms with E-state index < -0.39 is 0 Å². The first-order valence-corrected chi connectivity index (χ1v) is 6.92. The van der Waals surface area contributed by atoms with Gasteiger partial charge in [0.15, 0.2) is 0 Å². The zero-order chi connectivity index (χ0) is 12.3. The van der Waals surface area contributed by atoms with E-state index in [2.05, 4.69) is 15.6 Å². The van der Waals surface area contributed by atoms with Gasteiger partial charge in [0.25, 0.3) is 0 Å². The van der Waals surface area contributed by atoms with Crippen molar-refractivity contribution >= 4 is 17.2 Å². The molecular formula is C12H19N3OS. The Morgan fingerprint density at radius 3 is 3.12 bits per heavy atom. The Morgan fingerprint density at radius 2 is 2.53 bits per heavy atom. The molecule has 1 unspecified atom stereocenters. The predicted molar refractivity (Wildman–Crippen MR) is 69.0 cm³/mol. The summed E-state index contributed by atoms with van der Waals surface area (Å²) in [5.74, 6) is 0.268. The minimum Gasteiger partial charge on any atom is -0.347 e. The molecule has 2 atom stereocenters. The summed E-state index contributed by atoms with van der Waals surface area (Å²) >= 11 is 1.64. The van der Waals surface area contributed by atoms with E-state index in [1.54, 1.807) is 11.3 Å². The van der Waals surface area contributed by atoms with Crippen LogP contribution in [0.1, 0.15) is 35.7 Å². The second-order valence-electron chi connectivity index (χ2n) is 4.58. The number of thiazole rings is 1. The summed E-state index contributed by atoms with van der Waals surface area (Å²) < 4.78 is 0. The van der Waals surface area contributed by atoms with Gasteiger partial charge in [0, 0.05) is 17.6 Å². The van der Waals surface area contributed by atoms with Crippen LogP contribution in [0.4, 0.5) is 0 Å². The van der Waals surface area contributed by atoms with Gasteiger partial charge in [-0.25, -0.2) is 4.98 Å². The maximum Gasteiger partial charge on any atom is 0.224 e. The molecule has 1 saturated heterocycles. The Morgan fingerprint density at radius 1 is 1.71 bits per heavy atom. The van der Waals surface area contributed by atoms with E-state index in [1.165, 1.54) is 4.88 Å². The lowest BCUT2D eigenvalue weighted by Gasteiger charge is -2.23. The van der Waals surface area contributed by atoms with Gasteiger partial charge in [0.2, 0.25) is 5.91 Å². The fourth-order valence-electron chi connectivity index (χ4n) is 2.04. The van der Waals surface area contributed by atoms with Crippen LogP contribution >= 0.6 is 11.3 Å². The Kier molecular flexibility index (Phi) is 4.12. The fourth-order valence-corrected chi connectivity index (χ4v) is 2.82. The molecule has 1 aliphatic heterocycles. The molecule has 0 aliphatic carbocycles. The second-order valence-corrected chi connectivity index (χ2v) is 5.85. The van der Waals surface area contributed by atoms with Crippen molar-refractivity contribution in [2.45, 2.75) is 32.7 Å². The summed E-state index contributed by atoms with van der Waals surface area (Å²) in [6.07, 6.45) is 3.93. The highest BCUT2D eigenvalue weighted by molar-refractivity contribution is 7.11. The van der Waals surface area contributed by atoms with Gasteiger partial charge >= 0.3 is 0 Å². The largest absolute Gasteiger partial charge is 0.347 e. The Balaban J connectivity index is 1.89. The molecule has 2 heterocycles. The monoisotopic (exact) mass is 253 g/mol. The van der Waals surface area contributed by atoms with Gasteiger partial charge in [-0.1, -0.05) is 0 Å². The number of piperidine rings is 1. The van der Waals surface area contributed by atoms with Crippen molar-refractivity contribution in [1.29, 1.82) is 0 Å². The molecule has 2 N–H and O–H groups in total. The number of rotatable bonds is 3. The first kappa shape index (κ1) is 12.5. The molecule has 1 aromatic heterocycles. The van der Waals surface area contributed by atoms with Crippen molar-refractivity contribution in [1.82, 2.24) is 15.6 Å². The van der Waals surface area contributed by atoms with Gasteiger partial charge in [0.1, 0.15) is 5.01 Å². The number of nitrogens with zero attached hydrogens (tertiary/aromatic N) is 1. The number of carbonyl (C=O) groups is 1. The summed E-state index contributed by atoms with van der Waals surface area (Å²) in [4.78, 5) is 17.5. The second kappa shape index (κ2) is 5.60. The third-order valence-electron chi connectivity index (χ3n) is 3.04. The molecule has 0 aromatic carbocycles. The van der Waals surface area contributed by atoms with E-state index >= 15 is 0 Å². The van der Waals surface area contributed by atoms with Crippen molar-refractivity contribution in [3.05, 3.63) is 16.1 Å². The fraction of sp³-hybridized carbons (Fsp3) is 0.667. The van der Waals surface area contributed by atoms with Crippen LogP contribution in [0, 0.1) is 12.8 Å². The van der Waals surface area contributed by atoms with Crippen LogP contribution in [0.3, 0.4) is 0 Å². The van der Waals surface area contributed by atoms with Gasteiger partial charge < -0.3 is 10.6 Å². The molecule has 1 fully saturated rings. The molecule has 0 radical (unpaired) electrons. The smallest absolute Gasteiger partial charge is 0.224 e. The Hall–Kier alpha value is -0.940. The minimum absolute atomic E-state index is 0.0168. The highest BCUT2D eigenvalue weighted by atomic mass is 32.1. The van der Waals surface area contributed by atoms with E-state index in [1.807, 2.05) is 20.0 Å². The molecule has 2 rings (SSSR count). The first-order valence-electron chi connectivity index (χ1n) is 6.10. The van der Waals surface area contributed by atoms with E-state index in [0.717, 1.165) is 30.9 Å². The van der Waals surface area contributed by atoms with Crippen LogP contribution in [0.5, 0.6) is 0 Å².